The molecule has 3 amide bonds. The van der Waals surface area contributed by atoms with Gasteiger partial charge >= 0.3 is 5.97 Å². The van der Waals surface area contributed by atoms with Crippen molar-refractivity contribution in [3.8, 4) is 0 Å². The second kappa shape index (κ2) is 15.8. The molecule has 212 valence electrons. The normalized spacial score (nSPS) is 20.5. The van der Waals surface area contributed by atoms with Crippen molar-refractivity contribution >= 4 is 40.6 Å². The van der Waals surface area contributed by atoms with Crippen molar-refractivity contribution in [2.75, 3.05) is 5.75 Å². The molecular weight excluding hydrogens is 527 g/mol. The van der Waals surface area contributed by atoms with E-state index < -0.39 is 53.3 Å². The van der Waals surface area contributed by atoms with E-state index in [-0.39, 0.29) is 29.5 Å². The molecule has 0 saturated heterocycles. The van der Waals surface area contributed by atoms with Crippen molar-refractivity contribution < 1.29 is 33.1 Å². The third-order valence-corrected chi connectivity index (χ3v) is 6.55. The van der Waals surface area contributed by atoms with Crippen LogP contribution in [-0.4, -0.2) is 51.7 Å². The lowest BCUT2D eigenvalue weighted by Crippen LogP contribution is -2.48. The van der Waals surface area contributed by atoms with Gasteiger partial charge in [0.05, 0.1) is 18.7 Å². The first-order valence-electron chi connectivity index (χ1n) is 12.8. The lowest BCUT2D eigenvalue weighted by molar-refractivity contribution is -0.153. The SMILES string of the molecule is C/C=C1\NC(=O)c2nc(ccc2F)CNC(=O)C[C@@H](/C=C/CCSC(=O)CCC)OC(=O)[C@H](C(C)C)NC1=O. The maximum atomic E-state index is 14.4. The van der Waals surface area contributed by atoms with Crippen molar-refractivity contribution in [1.82, 2.24) is 20.9 Å². The predicted molar refractivity (Wildman–Crippen MR) is 145 cm³/mol. The molecule has 1 aliphatic rings. The molecule has 0 radical (unpaired) electrons. The lowest BCUT2D eigenvalue weighted by Gasteiger charge is -2.24. The quantitative estimate of drug-likeness (QED) is 0.199. The number of aromatic nitrogens is 1. The molecule has 1 aliphatic heterocycles. The van der Waals surface area contributed by atoms with Crippen molar-refractivity contribution in [2.45, 2.75) is 72.1 Å². The zero-order chi connectivity index (χ0) is 28.9. The summed E-state index contributed by atoms with van der Waals surface area (Å²) in [4.78, 5) is 67.0. The summed E-state index contributed by atoms with van der Waals surface area (Å²) in [7, 11) is 0. The number of allylic oxidation sites excluding steroid dienone is 2. The molecule has 0 spiro atoms. The lowest BCUT2D eigenvalue weighted by atomic mass is 10.0. The highest BCUT2D eigenvalue weighted by Crippen LogP contribution is 2.14. The topological polar surface area (TPSA) is 144 Å². The number of rotatable bonds is 7. The zero-order valence-electron chi connectivity index (χ0n) is 22.5. The Morgan fingerprint density at radius 2 is 1.97 bits per heavy atom. The maximum absolute atomic E-state index is 14.4. The largest absolute Gasteiger partial charge is 0.456 e. The molecular formula is C27H35FN4O6S. The third kappa shape index (κ3) is 10.3. The van der Waals surface area contributed by atoms with Crippen LogP contribution in [0.25, 0.3) is 0 Å². The number of esters is 1. The fourth-order valence-corrected chi connectivity index (χ4v) is 4.31. The monoisotopic (exact) mass is 562 g/mol. The molecule has 12 heteroatoms. The van der Waals surface area contributed by atoms with E-state index in [1.165, 1.54) is 30.8 Å². The first kappa shape index (κ1) is 31.7. The number of amides is 3. The van der Waals surface area contributed by atoms with E-state index in [2.05, 4.69) is 20.9 Å². The summed E-state index contributed by atoms with van der Waals surface area (Å²) < 4.78 is 20.0. The highest BCUT2D eigenvalue weighted by Gasteiger charge is 2.30. The van der Waals surface area contributed by atoms with Gasteiger partial charge in [0.15, 0.2) is 16.6 Å². The van der Waals surface area contributed by atoms with Crippen LogP contribution in [0.15, 0.2) is 36.1 Å². The number of pyridine rings is 1. The van der Waals surface area contributed by atoms with Crippen LogP contribution in [0.5, 0.6) is 0 Å². The van der Waals surface area contributed by atoms with E-state index >= 15 is 0 Å². The van der Waals surface area contributed by atoms with Crippen LogP contribution in [0.1, 0.15) is 69.6 Å². The Hall–Kier alpha value is -3.54. The maximum Gasteiger partial charge on any atom is 0.329 e. The van der Waals surface area contributed by atoms with Crippen LogP contribution in [0.2, 0.25) is 0 Å². The Bertz CT molecular complexity index is 1140. The minimum atomic E-state index is -1.10. The Labute approximate surface area is 231 Å². The summed E-state index contributed by atoms with van der Waals surface area (Å²) in [6, 6.07) is 1.27. The van der Waals surface area contributed by atoms with Gasteiger partial charge in [-0.05, 0) is 43.9 Å². The standard InChI is InChI=1S/C27H35FN4O6S/c1-5-9-22(34)39-13-8-7-10-18-14-21(33)29-15-17-11-12-19(28)24(30-17)26(36)31-20(6-2)25(35)32-23(16(3)4)27(37)38-18/h6-7,10-12,16,18,23H,5,8-9,13-15H2,1-4H3,(H,29,33)(H,31,36)(H,32,35)/b10-7+,20-6-/t18-,23+/m1/s1. The molecule has 2 bridgehead atoms. The van der Waals surface area contributed by atoms with Crippen molar-refractivity contribution in [1.29, 1.82) is 0 Å². The molecule has 2 heterocycles. The van der Waals surface area contributed by atoms with Crippen molar-refractivity contribution in [2.24, 2.45) is 5.92 Å². The van der Waals surface area contributed by atoms with Gasteiger partial charge in [-0.15, -0.1) is 0 Å². The van der Waals surface area contributed by atoms with E-state index in [9.17, 15) is 28.4 Å². The van der Waals surface area contributed by atoms with E-state index in [0.717, 1.165) is 12.5 Å². The number of hydrogen-bond donors (Lipinski definition) is 3. The minimum absolute atomic E-state index is 0.103. The van der Waals surface area contributed by atoms with Crippen molar-refractivity contribution in [3.05, 3.63) is 53.3 Å². The molecule has 0 saturated carbocycles. The summed E-state index contributed by atoms with van der Waals surface area (Å²) in [5.74, 6) is -3.73. The number of carbonyl (C=O) groups excluding carboxylic acids is 5. The molecule has 0 fully saturated rings. The van der Waals surface area contributed by atoms with Gasteiger partial charge in [0.25, 0.3) is 11.8 Å². The molecule has 0 aliphatic carbocycles. The number of halogens is 1. The van der Waals surface area contributed by atoms with Crippen LogP contribution in [0.3, 0.4) is 0 Å². The average molecular weight is 563 g/mol. The first-order valence-corrected chi connectivity index (χ1v) is 13.8. The summed E-state index contributed by atoms with van der Waals surface area (Å²) in [5, 5.41) is 7.61. The molecule has 10 nitrogen and oxygen atoms in total. The Morgan fingerprint density at radius 3 is 2.64 bits per heavy atom. The van der Waals surface area contributed by atoms with Crippen molar-refractivity contribution in [3.63, 3.8) is 0 Å². The number of nitrogens with one attached hydrogen (secondary N) is 3. The highest BCUT2D eigenvalue weighted by atomic mass is 32.2. The zero-order valence-corrected chi connectivity index (χ0v) is 23.4. The summed E-state index contributed by atoms with van der Waals surface area (Å²) in [6.07, 6.45) is 5.26. The predicted octanol–water partition coefficient (Wildman–Crippen LogP) is 2.93. The van der Waals surface area contributed by atoms with Gasteiger partial charge in [0, 0.05) is 12.2 Å². The molecule has 1 aromatic rings. The second-order valence-corrected chi connectivity index (χ2v) is 10.3. The summed E-state index contributed by atoms with van der Waals surface area (Å²) >= 11 is 1.22. The van der Waals surface area contributed by atoms with Gasteiger partial charge in [-0.1, -0.05) is 44.7 Å². The summed E-state index contributed by atoms with van der Waals surface area (Å²) in [5.41, 5.74) is -0.528. The number of hydrogen-bond acceptors (Lipinski definition) is 8. The van der Waals surface area contributed by atoms with Crippen LogP contribution in [0, 0.1) is 11.7 Å². The second-order valence-electron chi connectivity index (χ2n) is 9.13. The van der Waals surface area contributed by atoms with Gasteiger partial charge in [-0.2, -0.15) is 0 Å². The summed E-state index contributed by atoms with van der Waals surface area (Å²) in [6.45, 7) is 6.73. The Morgan fingerprint density at radius 1 is 1.23 bits per heavy atom. The number of carbonyl (C=O) groups is 5. The molecule has 1 aromatic heterocycles. The molecule has 0 unspecified atom stereocenters. The molecule has 2 atom stereocenters. The van der Waals surface area contributed by atoms with Gasteiger partial charge in [0.1, 0.15) is 17.8 Å². The molecule has 3 N–H and O–H groups in total. The Kier molecular flexibility index (Phi) is 12.8. The number of fused-ring (bicyclic) bond motifs is 2. The number of nitrogens with zero attached hydrogens (tertiary/aromatic N) is 1. The number of ether oxygens (including phenoxy) is 1. The fraction of sp³-hybridized carbons (Fsp3) is 0.481. The molecule has 2 rings (SSSR count). The van der Waals surface area contributed by atoms with Crippen LogP contribution in [-0.2, 0) is 30.5 Å². The minimum Gasteiger partial charge on any atom is -0.456 e. The number of thioether (sulfide) groups is 1. The first-order chi connectivity index (χ1) is 18.5. The third-order valence-electron chi connectivity index (χ3n) is 5.58. The smallest absolute Gasteiger partial charge is 0.329 e. The van der Waals surface area contributed by atoms with E-state index in [1.807, 2.05) is 6.92 Å². The van der Waals surface area contributed by atoms with Crippen LogP contribution >= 0.6 is 11.8 Å². The van der Waals surface area contributed by atoms with Crippen LogP contribution < -0.4 is 16.0 Å². The van der Waals surface area contributed by atoms with Gasteiger partial charge in [-0.25, -0.2) is 14.2 Å². The van der Waals surface area contributed by atoms with E-state index in [0.29, 0.717) is 18.6 Å². The average Bonchev–Trinajstić information content (AvgIpc) is 2.88. The fourth-order valence-electron chi connectivity index (χ4n) is 3.48. The number of cyclic esters (lactones) is 1. The van der Waals surface area contributed by atoms with Gasteiger partial charge in [-0.3, -0.25) is 19.2 Å². The molecule has 0 aromatic carbocycles. The molecule has 39 heavy (non-hydrogen) atoms. The van der Waals surface area contributed by atoms with Gasteiger partial charge < -0.3 is 20.7 Å². The van der Waals surface area contributed by atoms with Gasteiger partial charge in [0.2, 0.25) is 5.91 Å². The van der Waals surface area contributed by atoms with Crippen LogP contribution in [0.4, 0.5) is 4.39 Å². The highest BCUT2D eigenvalue weighted by molar-refractivity contribution is 8.13. The van der Waals surface area contributed by atoms with E-state index in [1.54, 1.807) is 26.0 Å². The van der Waals surface area contributed by atoms with E-state index in [4.69, 9.17) is 4.74 Å². The Balaban J connectivity index is 2.32.